The Balaban J connectivity index is 1.23. The maximum absolute atomic E-state index is 12.9. The molecule has 1 N–H and O–H groups in total. The Bertz CT molecular complexity index is 1290. The van der Waals surface area contributed by atoms with Gasteiger partial charge in [-0.05, 0) is 55.0 Å². The zero-order valence-corrected chi connectivity index (χ0v) is 20.8. The summed E-state index contributed by atoms with van der Waals surface area (Å²) in [6, 6.07) is 14.8. The summed E-state index contributed by atoms with van der Waals surface area (Å²) >= 11 is 1.10. The Morgan fingerprint density at radius 3 is 2.64 bits per heavy atom. The van der Waals surface area contributed by atoms with Crippen LogP contribution in [0.1, 0.15) is 36.6 Å². The molecule has 3 aromatic heterocycles. The molecule has 3 heterocycles. The van der Waals surface area contributed by atoms with E-state index in [1.165, 1.54) is 11.9 Å². The number of thiophene rings is 1. The molecule has 1 aliphatic carbocycles. The molecule has 0 amide bonds. The summed E-state index contributed by atoms with van der Waals surface area (Å²) in [5, 5.41) is 4.41. The van der Waals surface area contributed by atoms with Gasteiger partial charge in [-0.3, -0.25) is 4.98 Å². The maximum atomic E-state index is 12.9. The molecule has 9 heteroatoms. The topological polar surface area (TPSA) is 53.9 Å². The smallest absolute Gasteiger partial charge is 0.353 e. The summed E-state index contributed by atoms with van der Waals surface area (Å²) in [7, 11) is 0. The zero-order valence-electron chi connectivity index (χ0n) is 20.0. The molecule has 0 bridgehead atoms. The van der Waals surface area contributed by atoms with Gasteiger partial charge in [0.1, 0.15) is 17.0 Å². The quantitative estimate of drug-likeness (QED) is 0.297. The summed E-state index contributed by atoms with van der Waals surface area (Å²) in [5.74, 6) is 0.740. The molecule has 1 aliphatic rings. The summed E-state index contributed by atoms with van der Waals surface area (Å²) in [6.45, 7) is 3.60. The number of hydrogen-bond acceptors (Lipinski definition) is 6. The van der Waals surface area contributed by atoms with Gasteiger partial charge in [0.05, 0.1) is 11.8 Å². The van der Waals surface area contributed by atoms with Gasteiger partial charge in [-0.1, -0.05) is 30.3 Å². The monoisotopic (exact) mass is 511 g/mol. The number of alkyl halides is 3. The van der Waals surface area contributed by atoms with Crippen molar-refractivity contribution < 1.29 is 13.2 Å². The minimum absolute atomic E-state index is 0.274. The Morgan fingerprint density at radius 2 is 1.92 bits per heavy atom. The first kappa shape index (κ1) is 24.6. The first-order chi connectivity index (χ1) is 17.4. The second kappa shape index (κ2) is 10.5. The van der Waals surface area contributed by atoms with E-state index in [2.05, 4.69) is 62.4 Å². The molecule has 0 unspecified atom stereocenters. The van der Waals surface area contributed by atoms with Crippen LogP contribution in [0.25, 0.3) is 21.3 Å². The first-order valence-corrected chi connectivity index (χ1v) is 13.0. The van der Waals surface area contributed by atoms with E-state index >= 15 is 0 Å². The van der Waals surface area contributed by atoms with Crippen LogP contribution in [0.4, 0.5) is 19.0 Å². The van der Waals surface area contributed by atoms with E-state index in [1.807, 2.05) is 12.3 Å². The van der Waals surface area contributed by atoms with Gasteiger partial charge in [-0.25, -0.2) is 9.97 Å². The van der Waals surface area contributed by atoms with Crippen molar-refractivity contribution in [2.24, 2.45) is 0 Å². The van der Waals surface area contributed by atoms with Crippen LogP contribution in [-0.4, -0.2) is 39.8 Å². The van der Waals surface area contributed by atoms with Gasteiger partial charge < -0.3 is 10.2 Å². The molecule has 5 rings (SSSR count). The third-order valence-corrected chi connectivity index (χ3v) is 7.78. The molecule has 5 nitrogen and oxygen atoms in total. The van der Waals surface area contributed by atoms with Crippen molar-refractivity contribution >= 4 is 27.4 Å². The number of aromatic nitrogens is 3. The highest BCUT2D eigenvalue weighted by atomic mass is 32.1. The van der Waals surface area contributed by atoms with E-state index in [0.29, 0.717) is 16.3 Å². The van der Waals surface area contributed by atoms with Crippen molar-refractivity contribution in [3.63, 3.8) is 0 Å². The van der Waals surface area contributed by atoms with Crippen LogP contribution in [-0.2, 0) is 13.0 Å². The minimum atomic E-state index is -4.23. The molecule has 188 valence electrons. The molecule has 1 aromatic carbocycles. The fraction of sp³-hybridized carbons (Fsp3) is 0.370. The Labute approximate surface area is 212 Å². The molecule has 0 aliphatic heterocycles. The average Bonchev–Trinajstić information content (AvgIpc) is 3.50. The summed E-state index contributed by atoms with van der Waals surface area (Å²) in [5.41, 5.74) is 3.48. The number of nitrogens with zero attached hydrogens (tertiary/aromatic N) is 4. The van der Waals surface area contributed by atoms with Crippen molar-refractivity contribution in [2.45, 2.75) is 57.4 Å². The summed E-state index contributed by atoms with van der Waals surface area (Å²) in [6.07, 6.45) is 2.96. The molecule has 0 saturated heterocycles. The molecule has 0 spiro atoms. The van der Waals surface area contributed by atoms with Crippen LogP contribution in [0.2, 0.25) is 0 Å². The van der Waals surface area contributed by atoms with E-state index in [-0.39, 0.29) is 10.9 Å². The lowest BCUT2D eigenvalue weighted by molar-refractivity contribution is -0.126. The molecule has 2 atom stereocenters. The van der Waals surface area contributed by atoms with Gasteiger partial charge in [-0.15, -0.1) is 11.3 Å². The van der Waals surface area contributed by atoms with Gasteiger partial charge in [0, 0.05) is 42.4 Å². The Hall–Kier alpha value is -3.04. The number of benzene rings is 1. The summed E-state index contributed by atoms with van der Waals surface area (Å²) in [4.78, 5) is 16.0. The number of fused-ring (bicyclic) bond motifs is 1. The van der Waals surface area contributed by atoms with Crippen molar-refractivity contribution in [1.29, 1.82) is 0 Å². The van der Waals surface area contributed by atoms with Gasteiger partial charge in [0.25, 0.3) is 0 Å². The van der Waals surface area contributed by atoms with Crippen molar-refractivity contribution in [3.8, 4) is 11.1 Å². The SMILES string of the molecule is CCN(c1ncnc2sc(CC(F)(F)F)cc12)[C@@H]1CC[C@H](NCc2ccc(-c3cccnc3)cc2)C1. The Kier molecular flexibility index (Phi) is 7.20. The molecule has 36 heavy (non-hydrogen) atoms. The van der Waals surface area contributed by atoms with Crippen LogP contribution in [0.5, 0.6) is 0 Å². The minimum Gasteiger partial charge on any atom is -0.353 e. The average molecular weight is 512 g/mol. The molecule has 1 fully saturated rings. The van der Waals surface area contributed by atoms with Crippen LogP contribution in [0.15, 0.2) is 61.2 Å². The van der Waals surface area contributed by atoms with Gasteiger partial charge >= 0.3 is 6.18 Å². The van der Waals surface area contributed by atoms with Gasteiger partial charge in [0.15, 0.2) is 0 Å². The van der Waals surface area contributed by atoms with Crippen LogP contribution >= 0.6 is 11.3 Å². The number of nitrogens with one attached hydrogen (secondary N) is 1. The van der Waals surface area contributed by atoms with Gasteiger partial charge in [0.2, 0.25) is 0 Å². The number of hydrogen-bond donors (Lipinski definition) is 1. The van der Waals surface area contributed by atoms with Crippen molar-refractivity contribution in [2.75, 3.05) is 11.4 Å². The predicted octanol–water partition coefficient (Wildman–Crippen LogP) is 6.40. The predicted molar refractivity (Wildman–Crippen MR) is 138 cm³/mol. The fourth-order valence-corrected chi connectivity index (χ4v) is 6.05. The number of pyridine rings is 1. The molecule has 1 saturated carbocycles. The second-order valence-corrected chi connectivity index (χ2v) is 10.3. The standard InChI is InChI=1S/C27H28F3N5S/c1-2-35(25-24-13-23(14-27(28,29)30)36-26(24)34-17-33-25)22-10-9-21(12-22)32-15-18-5-7-19(8-6-18)20-4-3-11-31-16-20/h3-8,11,13,16-17,21-22,32H,2,9-10,12,14-15H2,1H3/t21-,22+/m0/s1. The highest BCUT2D eigenvalue weighted by Crippen LogP contribution is 2.36. The Morgan fingerprint density at radius 1 is 1.08 bits per heavy atom. The van der Waals surface area contributed by atoms with E-state index in [9.17, 15) is 13.2 Å². The largest absolute Gasteiger partial charge is 0.393 e. The molecule has 4 aromatic rings. The highest BCUT2D eigenvalue weighted by molar-refractivity contribution is 7.18. The van der Waals surface area contributed by atoms with E-state index in [0.717, 1.165) is 60.6 Å². The van der Waals surface area contributed by atoms with E-state index < -0.39 is 12.6 Å². The van der Waals surface area contributed by atoms with Crippen molar-refractivity contribution in [1.82, 2.24) is 20.3 Å². The zero-order chi connectivity index (χ0) is 25.1. The number of halogens is 3. The van der Waals surface area contributed by atoms with E-state index in [1.54, 1.807) is 12.3 Å². The fourth-order valence-electron chi connectivity index (χ4n) is 5.02. The van der Waals surface area contributed by atoms with Crippen LogP contribution < -0.4 is 10.2 Å². The van der Waals surface area contributed by atoms with E-state index in [4.69, 9.17) is 0 Å². The van der Waals surface area contributed by atoms with Crippen LogP contribution in [0, 0.1) is 0 Å². The highest BCUT2D eigenvalue weighted by Gasteiger charge is 2.32. The van der Waals surface area contributed by atoms with Crippen molar-refractivity contribution in [3.05, 3.63) is 71.6 Å². The molecular weight excluding hydrogens is 483 g/mol. The molecule has 0 radical (unpaired) electrons. The first-order valence-electron chi connectivity index (χ1n) is 12.2. The number of rotatable bonds is 8. The normalized spacial score (nSPS) is 18.1. The third-order valence-electron chi connectivity index (χ3n) is 6.74. The number of anilines is 1. The van der Waals surface area contributed by atoms with Crippen LogP contribution in [0.3, 0.4) is 0 Å². The maximum Gasteiger partial charge on any atom is 0.393 e. The summed E-state index contributed by atoms with van der Waals surface area (Å²) < 4.78 is 38.8. The molecular formula is C27H28F3N5S. The lowest BCUT2D eigenvalue weighted by Gasteiger charge is -2.29. The lowest BCUT2D eigenvalue weighted by atomic mass is 10.1. The third kappa shape index (κ3) is 5.68. The van der Waals surface area contributed by atoms with Gasteiger partial charge in [-0.2, -0.15) is 13.2 Å². The second-order valence-electron chi connectivity index (χ2n) is 9.19. The lowest BCUT2D eigenvalue weighted by Crippen LogP contribution is -2.36.